The number of nitrogens with one attached hydrogen (secondary N) is 3. The van der Waals surface area contributed by atoms with Crippen molar-refractivity contribution in [1.29, 1.82) is 0 Å². The van der Waals surface area contributed by atoms with Crippen molar-refractivity contribution in [3.63, 3.8) is 0 Å². The average Bonchev–Trinajstić information content (AvgIpc) is 2.71. The van der Waals surface area contributed by atoms with E-state index in [0.29, 0.717) is 0 Å². The number of aliphatic carboxylic acids is 3. The van der Waals surface area contributed by atoms with Gasteiger partial charge in [-0.1, -0.05) is 13.8 Å². The van der Waals surface area contributed by atoms with Crippen LogP contribution in [0.5, 0.6) is 0 Å². The Morgan fingerprint density at radius 1 is 0.706 bits per heavy atom. The molecular formula is C19H31N5O10. The summed E-state index contributed by atoms with van der Waals surface area (Å²) in [6.07, 6.45) is -2.68. The molecule has 0 rings (SSSR count). The van der Waals surface area contributed by atoms with Gasteiger partial charge in [0.15, 0.2) is 0 Å². The lowest BCUT2D eigenvalue weighted by molar-refractivity contribution is -0.144. The van der Waals surface area contributed by atoms with Gasteiger partial charge in [-0.05, 0) is 18.8 Å². The Bertz CT molecular complexity index is 800. The van der Waals surface area contributed by atoms with E-state index in [0.717, 1.165) is 0 Å². The minimum Gasteiger partial charge on any atom is -0.481 e. The van der Waals surface area contributed by atoms with Crippen molar-refractivity contribution < 1.29 is 48.9 Å². The van der Waals surface area contributed by atoms with Crippen LogP contribution in [0.1, 0.15) is 46.0 Å². The summed E-state index contributed by atoms with van der Waals surface area (Å²) in [6.45, 7) is 3.25. The zero-order valence-electron chi connectivity index (χ0n) is 18.8. The monoisotopic (exact) mass is 489 g/mol. The first kappa shape index (κ1) is 30.2. The molecule has 0 aliphatic heterocycles. The summed E-state index contributed by atoms with van der Waals surface area (Å²) in [5.74, 6) is -8.47. The SMILES string of the molecule is CC(C)C(N)C(=O)NC(CC(=O)O)C(=O)NC(CCC(=O)O)C(=O)NC(CCC(N)=O)C(=O)O. The number of rotatable bonds is 16. The maximum absolute atomic E-state index is 12.7. The molecule has 15 heteroatoms. The van der Waals surface area contributed by atoms with E-state index in [1.165, 1.54) is 0 Å². The highest BCUT2D eigenvalue weighted by Gasteiger charge is 2.32. The number of primary amides is 1. The molecule has 0 heterocycles. The summed E-state index contributed by atoms with van der Waals surface area (Å²) in [4.78, 5) is 81.8. The second-order valence-electron chi connectivity index (χ2n) is 7.83. The molecule has 10 N–H and O–H groups in total. The van der Waals surface area contributed by atoms with Crippen LogP contribution in [0.15, 0.2) is 0 Å². The fraction of sp³-hybridized carbons (Fsp3) is 0.632. The predicted molar refractivity (Wildman–Crippen MR) is 114 cm³/mol. The number of carboxylic acids is 3. The van der Waals surface area contributed by atoms with Gasteiger partial charge in [-0.3, -0.25) is 28.8 Å². The van der Waals surface area contributed by atoms with Gasteiger partial charge in [0.2, 0.25) is 23.6 Å². The Balaban J connectivity index is 5.61. The van der Waals surface area contributed by atoms with Crippen LogP contribution in [0.3, 0.4) is 0 Å². The molecule has 4 atom stereocenters. The second-order valence-corrected chi connectivity index (χ2v) is 7.83. The lowest BCUT2D eigenvalue weighted by Gasteiger charge is -2.25. The molecular weight excluding hydrogens is 458 g/mol. The van der Waals surface area contributed by atoms with E-state index in [1.54, 1.807) is 13.8 Å². The summed E-state index contributed by atoms with van der Waals surface area (Å²) in [6, 6.07) is -5.87. The van der Waals surface area contributed by atoms with Crippen LogP contribution in [-0.4, -0.2) is 81.0 Å². The number of carbonyl (C=O) groups is 7. The summed E-state index contributed by atoms with van der Waals surface area (Å²) < 4.78 is 0. The Kier molecular flexibility index (Phi) is 12.8. The van der Waals surface area contributed by atoms with Crippen molar-refractivity contribution in [1.82, 2.24) is 16.0 Å². The molecule has 192 valence electrons. The fourth-order valence-corrected chi connectivity index (χ4v) is 2.58. The number of amides is 4. The Hall–Kier alpha value is -3.75. The minimum atomic E-state index is -1.65. The van der Waals surface area contributed by atoms with Gasteiger partial charge in [-0.2, -0.15) is 0 Å². The standard InChI is InChI=1S/C19H31N5O10/c1-8(2)15(21)18(32)24-11(7-14(28)29)17(31)22-9(4-6-13(26)27)16(30)23-10(19(33)34)3-5-12(20)25/h8-11,15H,3-7,21H2,1-2H3,(H2,20,25)(H,22,31)(H,23,30)(H,24,32)(H,26,27)(H,28,29)(H,33,34). The molecule has 15 nitrogen and oxygen atoms in total. The third-order valence-corrected chi connectivity index (χ3v) is 4.61. The molecule has 0 saturated carbocycles. The highest BCUT2D eigenvalue weighted by Crippen LogP contribution is 2.05. The van der Waals surface area contributed by atoms with Crippen LogP contribution in [0.25, 0.3) is 0 Å². The Morgan fingerprint density at radius 2 is 1.18 bits per heavy atom. The molecule has 0 aromatic carbocycles. The highest BCUT2D eigenvalue weighted by molar-refractivity contribution is 5.95. The topological polar surface area (TPSA) is 268 Å². The van der Waals surface area contributed by atoms with Crippen LogP contribution >= 0.6 is 0 Å². The van der Waals surface area contributed by atoms with Crippen molar-refractivity contribution in [3.8, 4) is 0 Å². The van der Waals surface area contributed by atoms with Crippen LogP contribution in [0.2, 0.25) is 0 Å². The highest BCUT2D eigenvalue weighted by atomic mass is 16.4. The van der Waals surface area contributed by atoms with E-state index in [-0.39, 0.29) is 18.8 Å². The van der Waals surface area contributed by atoms with Gasteiger partial charge in [-0.15, -0.1) is 0 Å². The number of nitrogens with two attached hydrogens (primary N) is 2. The number of hydrogen-bond donors (Lipinski definition) is 8. The number of hydrogen-bond acceptors (Lipinski definition) is 8. The molecule has 0 radical (unpaired) electrons. The van der Waals surface area contributed by atoms with Crippen LogP contribution < -0.4 is 27.4 Å². The molecule has 0 spiro atoms. The van der Waals surface area contributed by atoms with Gasteiger partial charge >= 0.3 is 17.9 Å². The molecule has 34 heavy (non-hydrogen) atoms. The summed E-state index contributed by atoms with van der Waals surface area (Å²) >= 11 is 0. The van der Waals surface area contributed by atoms with E-state index < -0.39 is 85.0 Å². The van der Waals surface area contributed by atoms with E-state index in [1.807, 2.05) is 0 Å². The quantitative estimate of drug-likeness (QED) is 0.109. The third kappa shape index (κ3) is 11.8. The smallest absolute Gasteiger partial charge is 0.326 e. The molecule has 0 aromatic heterocycles. The minimum absolute atomic E-state index is 0.337. The van der Waals surface area contributed by atoms with Gasteiger partial charge in [0.05, 0.1) is 12.5 Å². The second kappa shape index (κ2) is 14.4. The van der Waals surface area contributed by atoms with Crippen LogP contribution in [-0.2, 0) is 33.6 Å². The Morgan fingerprint density at radius 3 is 1.62 bits per heavy atom. The first-order chi connectivity index (χ1) is 15.6. The van der Waals surface area contributed by atoms with Gasteiger partial charge in [0.25, 0.3) is 0 Å². The largest absolute Gasteiger partial charge is 0.481 e. The van der Waals surface area contributed by atoms with Crippen LogP contribution in [0.4, 0.5) is 0 Å². The van der Waals surface area contributed by atoms with Crippen molar-refractivity contribution in [3.05, 3.63) is 0 Å². The summed E-state index contributed by atoms with van der Waals surface area (Å²) in [5, 5.41) is 33.6. The molecule has 0 bridgehead atoms. The number of carboxylic acid groups (broad SMARTS) is 3. The lowest BCUT2D eigenvalue weighted by Crippen LogP contribution is -2.58. The lowest BCUT2D eigenvalue weighted by atomic mass is 10.0. The zero-order valence-corrected chi connectivity index (χ0v) is 18.8. The van der Waals surface area contributed by atoms with Crippen molar-refractivity contribution >= 4 is 41.5 Å². The van der Waals surface area contributed by atoms with Crippen LogP contribution in [0, 0.1) is 5.92 Å². The van der Waals surface area contributed by atoms with Crippen molar-refractivity contribution in [2.45, 2.75) is 70.1 Å². The van der Waals surface area contributed by atoms with Gasteiger partial charge < -0.3 is 42.7 Å². The maximum atomic E-state index is 12.7. The van der Waals surface area contributed by atoms with E-state index >= 15 is 0 Å². The van der Waals surface area contributed by atoms with E-state index in [4.69, 9.17) is 21.7 Å². The molecule has 0 saturated heterocycles. The molecule has 0 aliphatic carbocycles. The normalized spacial score (nSPS) is 14.2. The maximum Gasteiger partial charge on any atom is 0.326 e. The molecule has 4 unspecified atom stereocenters. The van der Waals surface area contributed by atoms with Crippen molar-refractivity contribution in [2.75, 3.05) is 0 Å². The summed E-state index contributed by atoms with van der Waals surface area (Å²) in [5.41, 5.74) is 10.7. The zero-order chi connectivity index (χ0) is 26.6. The van der Waals surface area contributed by atoms with Gasteiger partial charge in [0.1, 0.15) is 18.1 Å². The molecule has 0 aromatic rings. The van der Waals surface area contributed by atoms with E-state index in [9.17, 15) is 38.7 Å². The Labute approximate surface area is 194 Å². The first-order valence-corrected chi connectivity index (χ1v) is 10.3. The predicted octanol–water partition coefficient (Wildman–Crippen LogP) is -2.89. The van der Waals surface area contributed by atoms with Crippen molar-refractivity contribution in [2.24, 2.45) is 17.4 Å². The molecule has 0 fully saturated rings. The molecule has 4 amide bonds. The first-order valence-electron chi connectivity index (χ1n) is 10.3. The fourth-order valence-electron chi connectivity index (χ4n) is 2.58. The average molecular weight is 489 g/mol. The molecule has 0 aliphatic rings. The third-order valence-electron chi connectivity index (χ3n) is 4.61. The van der Waals surface area contributed by atoms with Gasteiger partial charge in [0, 0.05) is 12.8 Å². The number of carbonyl (C=O) groups excluding carboxylic acids is 4. The summed E-state index contributed by atoms with van der Waals surface area (Å²) in [7, 11) is 0. The van der Waals surface area contributed by atoms with Gasteiger partial charge in [-0.25, -0.2) is 4.79 Å². The van der Waals surface area contributed by atoms with E-state index in [2.05, 4.69) is 16.0 Å².